The fourth-order valence-electron chi connectivity index (χ4n) is 1.59. The number of rotatable bonds is 2. The first-order chi connectivity index (χ1) is 7.29. The van der Waals surface area contributed by atoms with E-state index in [9.17, 15) is 5.11 Å². The van der Waals surface area contributed by atoms with Gasteiger partial charge in [0.2, 0.25) is 5.88 Å². The normalized spacial score (nSPS) is 20.9. The van der Waals surface area contributed by atoms with Crippen LogP contribution >= 0.6 is 0 Å². The maximum absolute atomic E-state index is 9.46. The summed E-state index contributed by atoms with van der Waals surface area (Å²) in [6.45, 7) is 1.39. The minimum Gasteiger partial charge on any atom is -0.481 e. The summed E-state index contributed by atoms with van der Waals surface area (Å²) in [5.74, 6) is 0.601. The Hall–Kier alpha value is -1.39. The van der Waals surface area contributed by atoms with Crippen LogP contribution < -0.4 is 10.1 Å². The van der Waals surface area contributed by atoms with Crippen molar-refractivity contribution in [1.29, 1.82) is 0 Å². The number of methoxy groups -OCH3 is 1. The maximum Gasteiger partial charge on any atom is 0.212 e. The molecule has 1 atom stereocenters. The van der Waals surface area contributed by atoms with Crippen molar-refractivity contribution in [2.45, 2.75) is 6.10 Å². The van der Waals surface area contributed by atoms with Gasteiger partial charge >= 0.3 is 0 Å². The largest absolute Gasteiger partial charge is 0.481 e. The predicted octanol–water partition coefficient (Wildman–Crippen LogP) is 0.438. The van der Waals surface area contributed by atoms with Crippen LogP contribution in [0.2, 0.25) is 0 Å². The highest BCUT2D eigenvalue weighted by atomic mass is 16.5. The number of aromatic nitrogens is 1. The summed E-state index contributed by atoms with van der Waals surface area (Å²) in [4.78, 5) is 4.12. The van der Waals surface area contributed by atoms with Gasteiger partial charge in [0.25, 0.3) is 0 Å². The van der Waals surface area contributed by atoms with Gasteiger partial charge in [0.15, 0.2) is 0 Å². The van der Waals surface area contributed by atoms with E-state index in [-0.39, 0.29) is 0 Å². The minimum absolute atomic E-state index is 0.407. The maximum atomic E-state index is 9.46. The first-order valence-electron chi connectivity index (χ1n) is 4.89. The lowest BCUT2D eigenvalue weighted by atomic mass is 10.0. The third-order valence-electron chi connectivity index (χ3n) is 2.38. The molecule has 80 valence electrons. The van der Waals surface area contributed by atoms with Crippen molar-refractivity contribution in [1.82, 2.24) is 10.3 Å². The fraction of sp³-hybridized carbons (Fsp3) is 0.364. The van der Waals surface area contributed by atoms with Gasteiger partial charge in [-0.1, -0.05) is 0 Å². The molecular weight excluding hydrogens is 192 g/mol. The molecule has 0 saturated carbocycles. The molecule has 2 heterocycles. The zero-order valence-corrected chi connectivity index (χ0v) is 8.60. The molecule has 4 nitrogen and oxygen atoms in total. The summed E-state index contributed by atoms with van der Waals surface area (Å²) in [6.07, 6.45) is 3.21. The third-order valence-corrected chi connectivity index (χ3v) is 2.38. The van der Waals surface area contributed by atoms with Gasteiger partial charge in [0.05, 0.1) is 13.2 Å². The van der Waals surface area contributed by atoms with Crippen LogP contribution in [-0.4, -0.2) is 36.4 Å². The van der Waals surface area contributed by atoms with E-state index in [2.05, 4.69) is 10.3 Å². The average molecular weight is 206 g/mol. The molecule has 1 aromatic rings. The number of aliphatic hydroxyl groups excluding tert-OH is 1. The molecule has 1 aliphatic rings. The lowest BCUT2D eigenvalue weighted by molar-refractivity contribution is 0.217. The number of aliphatic hydroxyl groups is 1. The van der Waals surface area contributed by atoms with Gasteiger partial charge < -0.3 is 15.2 Å². The standard InChI is InChI=1S/C11H14N2O2/c1-15-11-3-2-8(6-13-11)9-4-10(14)7-12-5-9/h2-4,6,10,12,14H,5,7H2,1H3. The van der Waals surface area contributed by atoms with Crippen molar-refractivity contribution in [3.05, 3.63) is 30.0 Å². The summed E-state index contributed by atoms with van der Waals surface area (Å²) in [5.41, 5.74) is 2.09. The van der Waals surface area contributed by atoms with Gasteiger partial charge in [-0.2, -0.15) is 0 Å². The van der Waals surface area contributed by atoms with Gasteiger partial charge in [0.1, 0.15) is 0 Å². The smallest absolute Gasteiger partial charge is 0.212 e. The van der Waals surface area contributed by atoms with Gasteiger partial charge in [0, 0.05) is 25.4 Å². The van der Waals surface area contributed by atoms with Crippen LogP contribution in [0, 0.1) is 0 Å². The molecule has 1 aliphatic heterocycles. The molecule has 1 unspecified atom stereocenters. The molecule has 0 radical (unpaired) electrons. The van der Waals surface area contributed by atoms with Crippen LogP contribution in [-0.2, 0) is 0 Å². The van der Waals surface area contributed by atoms with Gasteiger partial charge in [-0.15, -0.1) is 0 Å². The summed E-state index contributed by atoms with van der Waals surface area (Å²) >= 11 is 0. The molecule has 0 aromatic carbocycles. The van der Waals surface area contributed by atoms with Gasteiger partial charge in [-0.05, 0) is 23.3 Å². The first-order valence-corrected chi connectivity index (χ1v) is 4.89. The van der Waals surface area contributed by atoms with E-state index in [4.69, 9.17) is 4.74 Å². The van der Waals surface area contributed by atoms with E-state index >= 15 is 0 Å². The van der Waals surface area contributed by atoms with Gasteiger partial charge in [-0.3, -0.25) is 0 Å². The van der Waals surface area contributed by atoms with Gasteiger partial charge in [-0.25, -0.2) is 4.98 Å². The molecule has 0 amide bonds. The molecule has 0 fully saturated rings. The Balaban J connectivity index is 2.21. The van der Waals surface area contributed by atoms with Crippen molar-refractivity contribution in [2.75, 3.05) is 20.2 Å². The predicted molar refractivity (Wildman–Crippen MR) is 57.6 cm³/mol. The monoisotopic (exact) mass is 206 g/mol. The number of ether oxygens (including phenoxy) is 1. The molecule has 2 N–H and O–H groups in total. The summed E-state index contributed by atoms with van der Waals surface area (Å²) < 4.78 is 4.98. The van der Waals surface area contributed by atoms with Crippen LogP contribution in [0.4, 0.5) is 0 Å². The fourth-order valence-corrected chi connectivity index (χ4v) is 1.59. The lowest BCUT2D eigenvalue weighted by Gasteiger charge is -2.18. The Labute approximate surface area is 88.6 Å². The Bertz CT molecular complexity index is 359. The van der Waals surface area contributed by atoms with Crippen LogP contribution in [0.1, 0.15) is 5.56 Å². The number of β-amino-alcohol motifs (C(OH)–C–C–N with tert-alkyl or cyclic N) is 1. The molecular formula is C11H14N2O2. The Morgan fingerprint density at radius 1 is 1.53 bits per heavy atom. The summed E-state index contributed by atoms with van der Waals surface area (Å²) in [5, 5.41) is 12.6. The van der Waals surface area contributed by atoms with Crippen molar-refractivity contribution >= 4 is 5.57 Å². The second-order valence-corrected chi connectivity index (χ2v) is 3.48. The average Bonchev–Trinajstić information content (AvgIpc) is 2.29. The van der Waals surface area contributed by atoms with E-state index in [0.29, 0.717) is 12.4 Å². The van der Waals surface area contributed by atoms with E-state index in [0.717, 1.165) is 17.7 Å². The van der Waals surface area contributed by atoms with Crippen molar-refractivity contribution in [3.63, 3.8) is 0 Å². The number of hydrogen-bond acceptors (Lipinski definition) is 4. The molecule has 0 aliphatic carbocycles. The van der Waals surface area contributed by atoms with E-state index in [1.54, 1.807) is 13.3 Å². The lowest BCUT2D eigenvalue weighted by Crippen LogP contribution is -2.31. The summed E-state index contributed by atoms with van der Waals surface area (Å²) in [7, 11) is 1.59. The highest BCUT2D eigenvalue weighted by Crippen LogP contribution is 2.17. The van der Waals surface area contributed by atoms with Crippen LogP contribution in [0.3, 0.4) is 0 Å². The van der Waals surface area contributed by atoms with Crippen LogP contribution in [0.15, 0.2) is 24.4 Å². The van der Waals surface area contributed by atoms with E-state index in [1.165, 1.54) is 0 Å². The highest BCUT2D eigenvalue weighted by molar-refractivity contribution is 5.67. The number of nitrogens with zero attached hydrogens (tertiary/aromatic N) is 1. The van der Waals surface area contributed by atoms with E-state index in [1.807, 2.05) is 18.2 Å². The Kier molecular flexibility index (Phi) is 2.99. The Morgan fingerprint density at radius 2 is 2.40 bits per heavy atom. The number of nitrogens with one attached hydrogen (secondary N) is 1. The molecule has 0 spiro atoms. The molecule has 0 saturated heterocycles. The number of hydrogen-bond donors (Lipinski definition) is 2. The topological polar surface area (TPSA) is 54.4 Å². The zero-order valence-electron chi connectivity index (χ0n) is 8.60. The minimum atomic E-state index is -0.407. The quantitative estimate of drug-likeness (QED) is 0.737. The van der Waals surface area contributed by atoms with Crippen LogP contribution in [0.5, 0.6) is 5.88 Å². The molecule has 2 rings (SSSR count). The first kappa shape index (κ1) is 10.1. The SMILES string of the molecule is COc1ccc(C2=CC(O)CNC2)cn1. The van der Waals surface area contributed by atoms with Crippen molar-refractivity contribution < 1.29 is 9.84 Å². The van der Waals surface area contributed by atoms with Crippen molar-refractivity contribution in [3.8, 4) is 5.88 Å². The third kappa shape index (κ3) is 2.34. The molecule has 0 bridgehead atoms. The molecule has 4 heteroatoms. The number of pyridine rings is 1. The second kappa shape index (κ2) is 4.42. The van der Waals surface area contributed by atoms with Crippen molar-refractivity contribution in [2.24, 2.45) is 0 Å². The highest BCUT2D eigenvalue weighted by Gasteiger charge is 2.11. The van der Waals surface area contributed by atoms with E-state index < -0.39 is 6.10 Å². The molecule has 1 aromatic heterocycles. The Morgan fingerprint density at radius 3 is 3.00 bits per heavy atom. The summed E-state index contributed by atoms with van der Waals surface area (Å²) in [6, 6.07) is 3.76. The van der Waals surface area contributed by atoms with Crippen LogP contribution in [0.25, 0.3) is 5.57 Å². The zero-order chi connectivity index (χ0) is 10.7. The second-order valence-electron chi connectivity index (χ2n) is 3.48. The molecule has 15 heavy (non-hydrogen) atoms.